The lowest BCUT2D eigenvalue weighted by Gasteiger charge is -2.00. The first-order valence-electron chi connectivity index (χ1n) is 6.60. The maximum absolute atomic E-state index is 13.4. The van der Waals surface area contributed by atoms with Gasteiger partial charge in [0.15, 0.2) is 11.6 Å². The second-order valence-corrected chi connectivity index (χ2v) is 4.93. The van der Waals surface area contributed by atoms with Gasteiger partial charge in [0.2, 0.25) is 0 Å². The zero-order valence-corrected chi connectivity index (χ0v) is 11.2. The van der Waals surface area contributed by atoms with Crippen LogP contribution in [0.5, 0.6) is 0 Å². The summed E-state index contributed by atoms with van der Waals surface area (Å²) in [4.78, 5) is 14.8. The average molecular weight is 297 g/mol. The summed E-state index contributed by atoms with van der Waals surface area (Å²) < 4.78 is 28.0. The number of aromatic amines is 1. The molecule has 4 aromatic rings. The molecule has 0 atom stereocenters. The fourth-order valence-corrected chi connectivity index (χ4v) is 2.48. The zero-order chi connectivity index (χ0) is 15.3. The number of fused-ring (bicyclic) bond motifs is 3. The largest absolute Gasteiger partial charge is 0.306 e. The van der Waals surface area contributed by atoms with Gasteiger partial charge in [-0.15, -0.1) is 0 Å². The summed E-state index contributed by atoms with van der Waals surface area (Å²) >= 11 is 0. The van der Waals surface area contributed by atoms with Crippen LogP contribution in [-0.4, -0.2) is 14.6 Å². The molecule has 0 radical (unpaired) electrons. The molecule has 0 fully saturated rings. The lowest BCUT2D eigenvalue weighted by molar-refractivity contribution is 0.509. The van der Waals surface area contributed by atoms with Crippen LogP contribution in [0.25, 0.3) is 27.8 Å². The minimum absolute atomic E-state index is 0.222. The van der Waals surface area contributed by atoms with Gasteiger partial charge in [0.05, 0.1) is 16.6 Å². The molecule has 22 heavy (non-hydrogen) atoms. The summed E-state index contributed by atoms with van der Waals surface area (Å²) in [6, 6.07) is 12.3. The van der Waals surface area contributed by atoms with E-state index in [9.17, 15) is 13.6 Å². The molecule has 2 aromatic carbocycles. The van der Waals surface area contributed by atoms with Gasteiger partial charge in [0.1, 0.15) is 5.65 Å². The fraction of sp³-hybridized carbons (Fsp3) is 0. The molecule has 6 heteroatoms. The monoisotopic (exact) mass is 297 g/mol. The van der Waals surface area contributed by atoms with Crippen LogP contribution in [-0.2, 0) is 0 Å². The number of benzene rings is 2. The van der Waals surface area contributed by atoms with Gasteiger partial charge in [-0.25, -0.2) is 13.3 Å². The van der Waals surface area contributed by atoms with Gasteiger partial charge in [-0.1, -0.05) is 12.1 Å². The Balaban J connectivity index is 2.03. The molecule has 4 rings (SSSR count). The number of nitrogens with one attached hydrogen (secondary N) is 1. The molecule has 0 aliphatic heterocycles. The minimum Gasteiger partial charge on any atom is -0.306 e. The Morgan fingerprint density at radius 3 is 2.64 bits per heavy atom. The molecular weight excluding hydrogens is 288 g/mol. The molecule has 2 aromatic heterocycles. The summed E-state index contributed by atoms with van der Waals surface area (Å²) in [5.41, 5.74) is 1.80. The van der Waals surface area contributed by atoms with Crippen molar-refractivity contribution in [3.63, 3.8) is 0 Å². The van der Waals surface area contributed by atoms with E-state index in [0.717, 1.165) is 12.1 Å². The molecular formula is C16H9F2N3O. The molecule has 0 saturated heterocycles. The van der Waals surface area contributed by atoms with Crippen molar-refractivity contribution in [2.45, 2.75) is 0 Å². The van der Waals surface area contributed by atoms with Crippen LogP contribution in [0.1, 0.15) is 0 Å². The van der Waals surface area contributed by atoms with E-state index in [2.05, 4.69) is 10.1 Å². The van der Waals surface area contributed by atoms with Gasteiger partial charge in [0, 0.05) is 11.6 Å². The van der Waals surface area contributed by atoms with Crippen molar-refractivity contribution in [1.82, 2.24) is 14.6 Å². The maximum Gasteiger partial charge on any atom is 0.259 e. The van der Waals surface area contributed by atoms with Crippen LogP contribution in [0.3, 0.4) is 0 Å². The fourth-order valence-electron chi connectivity index (χ4n) is 2.48. The molecule has 0 saturated carbocycles. The molecule has 108 valence electrons. The molecule has 0 spiro atoms. The number of para-hydroxylation sites is 1. The van der Waals surface area contributed by atoms with Gasteiger partial charge in [-0.2, -0.15) is 5.10 Å². The maximum atomic E-state index is 13.4. The number of hydrogen-bond donors (Lipinski definition) is 1. The van der Waals surface area contributed by atoms with Crippen LogP contribution in [0.2, 0.25) is 0 Å². The topological polar surface area (TPSA) is 50.2 Å². The van der Waals surface area contributed by atoms with E-state index in [-0.39, 0.29) is 5.56 Å². The summed E-state index contributed by atoms with van der Waals surface area (Å²) in [6.45, 7) is 0. The van der Waals surface area contributed by atoms with E-state index in [4.69, 9.17) is 0 Å². The molecule has 2 heterocycles. The molecule has 0 aliphatic carbocycles. The third-order valence-electron chi connectivity index (χ3n) is 3.54. The Morgan fingerprint density at radius 2 is 1.82 bits per heavy atom. The van der Waals surface area contributed by atoms with Gasteiger partial charge in [-0.3, -0.25) is 4.79 Å². The first-order valence-corrected chi connectivity index (χ1v) is 6.60. The zero-order valence-electron chi connectivity index (χ0n) is 11.2. The molecule has 0 amide bonds. The summed E-state index contributed by atoms with van der Waals surface area (Å²) in [7, 11) is 0. The van der Waals surface area contributed by atoms with Crippen LogP contribution < -0.4 is 5.56 Å². The van der Waals surface area contributed by atoms with Crippen molar-refractivity contribution in [3.05, 3.63) is 70.5 Å². The van der Waals surface area contributed by atoms with Crippen LogP contribution >= 0.6 is 0 Å². The van der Waals surface area contributed by atoms with Gasteiger partial charge >= 0.3 is 0 Å². The first kappa shape index (κ1) is 12.7. The second-order valence-electron chi connectivity index (χ2n) is 4.93. The number of rotatable bonds is 1. The second kappa shape index (κ2) is 4.49. The third-order valence-corrected chi connectivity index (χ3v) is 3.54. The van der Waals surface area contributed by atoms with Crippen molar-refractivity contribution in [2.24, 2.45) is 0 Å². The van der Waals surface area contributed by atoms with Crippen molar-refractivity contribution in [3.8, 4) is 11.3 Å². The molecule has 0 unspecified atom stereocenters. The standard InChI is InChI=1S/C16H9F2N3O/c17-11-6-5-9(7-12(11)18)13-8-15-19-16(22)10-3-1-2-4-14(10)21(15)20-13/h1-8H,(H,19,22). The number of halogens is 2. The van der Waals surface area contributed by atoms with Crippen molar-refractivity contribution < 1.29 is 8.78 Å². The Morgan fingerprint density at radius 1 is 1.00 bits per heavy atom. The highest BCUT2D eigenvalue weighted by Crippen LogP contribution is 2.22. The van der Waals surface area contributed by atoms with Gasteiger partial charge < -0.3 is 4.98 Å². The van der Waals surface area contributed by atoms with Crippen LogP contribution in [0.15, 0.2) is 53.3 Å². The van der Waals surface area contributed by atoms with Gasteiger partial charge in [-0.05, 0) is 30.3 Å². The Labute approximate surface area is 122 Å². The molecule has 0 aliphatic rings. The summed E-state index contributed by atoms with van der Waals surface area (Å²) in [5.74, 6) is -1.85. The molecule has 4 nitrogen and oxygen atoms in total. The van der Waals surface area contributed by atoms with Crippen molar-refractivity contribution in [2.75, 3.05) is 0 Å². The SMILES string of the molecule is O=c1[nH]c2cc(-c3ccc(F)c(F)c3)nn2c2ccccc12. The van der Waals surface area contributed by atoms with E-state index in [1.165, 1.54) is 6.07 Å². The molecule has 0 bridgehead atoms. The average Bonchev–Trinajstić information content (AvgIpc) is 2.94. The van der Waals surface area contributed by atoms with Crippen molar-refractivity contribution in [1.29, 1.82) is 0 Å². The predicted octanol–water partition coefficient (Wildman–Crippen LogP) is 3.12. The Bertz CT molecular complexity index is 1080. The summed E-state index contributed by atoms with van der Waals surface area (Å²) in [5, 5.41) is 4.89. The molecule has 1 N–H and O–H groups in total. The first-order chi connectivity index (χ1) is 10.6. The minimum atomic E-state index is -0.937. The van der Waals surface area contributed by atoms with Crippen LogP contribution in [0, 0.1) is 11.6 Å². The predicted molar refractivity (Wildman–Crippen MR) is 78.7 cm³/mol. The Hall–Kier alpha value is -3.02. The van der Waals surface area contributed by atoms with E-state index in [0.29, 0.717) is 27.8 Å². The number of hydrogen-bond acceptors (Lipinski definition) is 2. The van der Waals surface area contributed by atoms with E-state index in [1.54, 1.807) is 34.8 Å². The third kappa shape index (κ3) is 1.81. The lowest BCUT2D eigenvalue weighted by atomic mass is 10.1. The highest BCUT2D eigenvalue weighted by atomic mass is 19.2. The van der Waals surface area contributed by atoms with Crippen molar-refractivity contribution >= 4 is 16.6 Å². The number of aromatic nitrogens is 3. The van der Waals surface area contributed by atoms with Crippen LogP contribution in [0.4, 0.5) is 8.78 Å². The van der Waals surface area contributed by atoms with E-state index < -0.39 is 11.6 Å². The quantitative estimate of drug-likeness (QED) is 0.587. The van der Waals surface area contributed by atoms with E-state index in [1.807, 2.05) is 0 Å². The normalized spacial score (nSPS) is 11.4. The summed E-state index contributed by atoms with van der Waals surface area (Å²) in [6.07, 6.45) is 0. The van der Waals surface area contributed by atoms with E-state index >= 15 is 0 Å². The number of nitrogens with zero attached hydrogens (tertiary/aromatic N) is 2. The lowest BCUT2D eigenvalue weighted by Crippen LogP contribution is -2.09. The highest BCUT2D eigenvalue weighted by Gasteiger charge is 2.11. The Kier molecular flexibility index (Phi) is 2.59. The van der Waals surface area contributed by atoms with Gasteiger partial charge in [0.25, 0.3) is 5.56 Å². The smallest absolute Gasteiger partial charge is 0.259 e. The highest BCUT2D eigenvalue weighted by molar-refractivity contribution is 5.81. The number of H-pyrrole nitrogens is 1.